The molecule has 6 nitrogen and oxygen atoms in total. The van der Waals surface area contributed by atoms with Gasteiger partial charge < -0.3 is 14.5 Å². The number of benzene rings is 1. The molecule has 2 heterocycles. The van der Waals surface area contributed by atoms with E-state index in [1.54, 1.807) is 11.1 Å². The van der Waals surface area contributed by atoms with Gasteiger partial charge in [0.15, 0.2) is 5.82 Å². The molecule has 2 aromatic rings. The molecule has 0 atom stereocenters. The van der Waals surface area contributed by atoms with Crippen molar-refractivity contribution in [1.82, 2.24) is 9.97 Å². The predicted molar refractivity (Wildman–Crippen MR) is 124 cm³/mol. The average Bonchev–Trinajstić information content (AvgIpc) is 2.65. The molecular weight excluding hydrogens is 400 g/mol. The van der Waals surface area contributed by atoms with Crippen LogP contribution >= 0.6 is 11.6 Å². The number of aromatic nitrogens is 2. The van der Waals surface area contributed by atoms with Crippen LogP contribution < -0.4 is 14.5 Å². The van der Waals surface area contributed by atoms with Crippen molar-refractivity contribution in [2.75, 3.05) is 36.5 Å². The van der Waals surface area contributed by atoms with Crippen LogP contribution in [0.25, 0.3) is 0 Å². The quantitative estimate of drug-likeness (QED) is 0.652. The van der Waals surface area contributed by atoms with E-state index in [0.29, 0.717) is 24.9 Å². The number of likely N-dealkylation sites (N-methyl/N-ethyl adjacent to an activating group) is 2. The van der Waals surface area contributed by atoms with Crippen molar-refractivity contribution in [2.24, 2.45) is 11.8 Å². The van der Waals surface area contributed by atoms with E-state index in [0.717, 1.165) is 54.0 Å². The molecule has 1 aliphatic carbocycles. The molecule has 2 aliphatic rings. The fraction of sp³-hybridized carbons (Fsp3) is 0.522. The molecule has 0 N–H and O–H groups in total. The Morgan fingerprint density at radius 3 is 2.53 bits per heavy atom. The average molecular weight is 433 g/mol. The van der Waals surface area contributed by atoms with E-state index < -0.39 is 0 Å². The molecule has 1 aliphatic heterocycles. The third-order valence-electron chi connectivity index (χ3n) is 5.55. The molecule has 30 heavy (non-hydrogen) atoms. The summed E-state index contributed by atoms with van der Waals surface area (Å²) in [5, 5.41) is 0.721. The Kier molecular flexibility index (Phi) is 8.07. The normalized spacial score (nSPS) is 19.9. The van der Waals surface area contributed by atoms with Gasteiger partial charge in [0.1, 0.15) is 17.3 Å². The van der Waals surface area contributed by atoms with Crippen LogP contribution in [0.3, 0.4) is 0 Å². The second-order valence-electron chi connectivity index (χ2n) is 7.66. The van der Waals surface area contributed by atoms with Crippen LogP contribution in [-0.2, 0) is 11.2 Å². The van der Waals surface area contributed by atoms with Crippen molar-refractivity contribution in [3.05, 3.63) is 41.3 Å². The highest BCUT2D eigenvalue weighted by Crippen LogP contribution is 2.37. The van der Waals surface area contributed by atoms with Gasteiger partial charge in [-0.1, -0.05) is 26.5 Å². The van der Waals surface area contributed by atoms with E-state index in [-0.39, 0.29) is 20.8 Å². The van der Waals surface area contributed by atoms with Crippen molar-refractivity contribution in [1.29, 1.82) is 0 Å². The first-order valence-electron chi connectivity index (χ1n) is 9.79. The molecule has 4 rings (SSSR count). The summed E-state index contributed by atoms with van der Waals surface area (Å²) in [6.45, 7) is 3.71. The van der Waals surface area contributed by atoms with Crippen molar-refractivity contribution in [3.8, 4) is 5.75 Å². The zero-order valence-corrected chi connectivity index (χ0v) is 17.0. The number of carbonyl (C=O) groups excluding carboxylic acids is 1. The van der Waals surface area contributed by atoms with Crippen LogP contribution in [0, 0.1) is 11.8 Å². The van der Waals surface area contributed by atoms with Gasteiger partial charge in [0.05, 0.1) is 19.3 Å². The van der Waals surface area contributed by atoms with Crippen LogP contribution in [-0.4, -0.2) is 42.6 Å². The Bertz CT molecular complexity index is 853. The molecule has 0 saturated heterocycles. The number of fused-ring (bicyclic) bond motifs is 1. The SMILES string of the molecule is C.C.CCN1C(=O)CN(C)c2nc(CC3CC(COc4ccc(Cl)cc4)C3)ncc21. The maximum Gasteiger partial charge on any atom is 0.246 e. The van der Waals surface area contributed by atoms with Gasteiger partial charge in [0, 0.05) is 25.0 Å². The maximum absolute atomic E-state index is 12.1. The molecule has 0 unspecified atom stereocenters. The van der Waals surface area contributed by atoms with Gasteiger partial charge in [-0.3, -0.25) is 4.79 Å². The van der Waals surface area contributed by atoms with Crippen LogP contribution in [0.1, 0.15) is 40.4 Å². The lowest BCUT2D eigenvalue weighted by Gasteiger charge is -2.36. The minimum atomic E-state index is 0. The largest absolute Gasteiger partial charge is 0.493 e. The summed E-state index contributed by atoms with van der Waals surface area (Å²) in [5.41, 5.74) is 0.813. The molecule has 0 bridgehead atoms. The number of ether oxygens (including phenoxy) is 1. The summed E-state index contributed by atoms with van der Waals surface area (Å²) >= 11 is 5.90. The minimum Gasteiger partial charge on any atom is -0.493 e. The molecule has 1 aromatic carbocycles. The molecule has 1 amide bonds. The Morgan fingerprint density at radius 2 is 1.87 bits per heavy atom. The van der Waals surface area contributed by atoms with Gasteiger partial charge in [0.2, 0.25) is 5.91 Å². The van der Waals surface area contributed by atoms with E-state index in [1.165, 1.54) is 0 Å². The van der Waals surface area contributed by atoms with Crippen molar-refractivity contribution in [3.63, 3.8) is 0 Å². The lowest BCUT2D eigenvalue weighted by Crippen LogP contribution is -2.45. The lowest BCUT2D eigenvalue weighted by atomic mass is 9.73. The summed E-state index contributed by atoms with van der Waals surface area (Å²) in [5.74, 6) is 3.84. The zero-order valence-electron chi connectivity index (χ0n) is 16.3. The highest BCUT2D eigenvalue weighted by atomic mass is 35.5. The van der Waals surface area contributed by atoms with Crippen molar-refractivity contribution < 1.29 is 9.53 Å². The predicted octanol–water partition coefficient (Wildman–Crippen LogP) is 4.85. The zero-order chi connectivity index (χ0) is 19.7. The van der Waals surface area contributed by atoms with E-state index >= 15 is 0 Å². The van der Waals surface area contributed by atoms with Gasteiger partial charge in [-0.15, -0.1) is 0 Å². The van der Waals surface area contributed by atoms with Crippen molar-refractivity contribution >= 4 is 29.0 Å². The van der Waals surface area contributed by atoms with Gasteiger partial charge in [-0.05, 0) is 55.9 Å². The second kappa shape index (κ2) is 10.1. The van der Waals surface area contributed by atoms with Gasteiger partial charge in [0.25, 0.3) is 0 Å². The molecule has 164 valence electrons. The molecular formula is C23H33ClN4O2. The van der Waals surface area contributed by atoms with Gasteiger partial charge >= 0.3 is 0 Å². The highest BCUT2D eigenvalue weighted by molar-refractivity contribution is 6.30. The summed E-state index contributed by atoms with van der Waals surface area (Å²) in [7, 11) is 1.91. The van der Waals surface area contributed by atoms with Crippen LogP contribution in [0.4, 0.5) is 11.5 Å². The Morgan fingerprint density at radius 1 is 1.17 bits per heavy atom. The number of carbonyl (C=O) groups is 1. The third-order valence-corrected chi connectivity index (χ3v) is 5.80. The van der Waals surface area contributed by atoms with Crippen LogP contribution in [0.15, 0.2) is 30.5 Å². The first-order chi connectivity index (χ1) is 13.5. The Balaban J connectivity index is 0.00000160. The first kappa shape index (κ1) is 23.9. The topological polar surface area (TPSA) is 58.6 Å². The highest BCUT2D eigenvalue weighted by Gasteiger charge is 2.32. The monoisotopic (exact) mass is 432 g/mol. The maximum atomic E-state index is 12.1. The molecule has 1 fully saturated rings. The molecule has 0 radical (unpaired) electrons. The van der Waals surface area contributed by atoms with E-state index in [4.69, 9.17) is 21.3 Å². The van der Waals surface area contributed by atoms with E-state index in [1.807, 2.05) is 43.1 Å². The number of anilines is 2. The van der Waals surface area contributed by atoms with Crippen LogP contribution in [0.2, 0.25) is 5.02 Å². The van der Waals surface area contributed by atoms with E-state index in [9.17, 15) is 4.79 Å². The molecule has 1 aromatic heterocycles. The summed E-state index contributed by atoms with van der Waals surface area (Å²) in [4.78, 5) is 25.1. The number of amides is 1. The van der Waals surface area contributed by atoms with Crippen LogP contribution in [0.5, 0.6) is 5.75 Å². The number of nitrogens with zero attached hydrogens (tertiary/aromatic N) is 4. The fourth-order valence-electron chi connectivity index (χ4n) is 4.00. The number of rotatable bonds is 6. The Labute approximate surface area is 185 Å². The summed E-state index contributed by atoms with van der Waals surface area (Å²) in [6.07, 6.45) is 4.93. The second-order valence-corrected chi connectivity index (χ2v) is 8.10. The smallest absolute Gasteiger partial charge is 0.246 e. The number of hydrogen-bond acceptors (Lipinski definition) is 5. The third kappa shape index (κ3) is 5.04. The standard InChI is InChI=1S/C21H25ClN4O2.2CH4/c1-3-26-18-11-23-19(24-21(18)25(2)12-20(26)27)10-14-8-15(9-14)13-28-17-6-4-16(22)5-7-17;;/h4-7,11,14-15H,3,8-10,12-13H2,1-2H3;2*1H4. The van der Waals surface area contributed by atoms with Gasteiger partial charge in [-0.2, -0.15) is 0 Å². The summed E-state index contributed by atoms with van der Waals surface area (Å²) < 4.78 is 5.85. The van der Waals surface area contributed by atoms with E-state index in [2.05, 4.69) is 4.98 Å². The van der Waals surface area contributed by atoms with Gasteiger partial charge in [-0.25, -0.2) is 9.97 Å². The lowest BCUT2D eigenvalue weighted by molar-refractivity contribution is -0.117. The Hall–Kier alpha value is -2.34. The summed E-state index contributed by atoms with van der Waals surface area (Å²) in [6, 6.07) is 7.50. The molecule has 0 spiro atoms. The number of hydrogen-bond donors (Lipinski definition) is 0. The molecule has 1 saturated carbocycles. The number of halogens is 1. The minimum absolute atomic E-state index is 0. The molecule has 7 heteroatoms. The fourth-order valence-corrected chi connectivity index (χ4v) is 4.12. The first-order valence-corrected chi connectivity index (χ1v) is 10.2. The van der Waals surface area contributed by atoms with Crippen molar-refractivity contribution in [2.45, 2.75) is 41.0 Å².